The van der Waals surface area contributed by atoms with Crippen molar-refractivity contribution in [1.82, 2.24) is 10.2 Å². The van der Waals surface area contributed by atoms with E-state index in [1.165, 1.54) is 5.56 Å². The predicted octanol–water partition coefficient (Wildman–Crippen LogP) is 3.15. The molecule has 0 radical (unpaired) electrons. The number of carbonyl (C=O) groups excluding carboxylic acids is 2. The summed E-state index contributed by atoms with van der Waals surface area (Å²) in [4.78, 5) is 26.5. The van der Waals surface area contributed by atoms with Gasteiger partial charge in [0.25, 0.3) is 5.91 Å². The van der Waals surface area contributed by atoms with Gasteiger partial charge in [0.05, 0.1) is 0 Å². The van der Waals surface area contributed by atoms with E-state index in [0.717, 1.165) is 16.7 Å². The second kappa shape index (κ2) is 9.21. The molecule has 0 aliphatic rings. The Labute approximate surface area is 161 Å². The molecule has 144 valence electrons. The zero-order chi connectivity index (χ0) is 20.0. The second-order valence-corrected chi connectivity index (χ2v) is 6.83. The normalized spacial score (nSPS) is 11.6. The largest absolute Gasteiger partial charge is 0.484 e. The van der Waals surface area contributed by atoms with Crippen LogP contribution in [0.2, 0.25) is 0 Å². The SMILES string of the molecule is CNC(=O)C(C)N(Cc1ccc(C)cc1)C(=O)COc1ccc(C)c(C)c1. The van der Waals surface area contributed by atoms with E-state index in [0.29, 0.717) is 12.3 Å². The summed E-state index contributed by atoms with van der Waals surface area (Å²) >= 11 is 0. The third kappa shape index (κ3) is 5.58. The van der Waals surface area contributed by atoms with Crippen molar-refractivity contribution in [3.63, 3.8) is 0 Å². The van der Waals surface area contributed by atoms with Crippen molar-refractivity contribution in [2.75, 3.05) is 13.7 Å². The van der Waals surface area contributed by atoms with Crippen LogP contribution in [0.5, 0.6) is 5.75 Å². The van der Waals surface area contributed by atoms with Crippen LogP contribution in [0.25, 0.3) is 0 Å². The summed E-state index contributed by atoms with van der Waals surface area (Å²) in [6.07, 6.45) is 0. The highest BCUT2D eigenvalue weighted by molar-refractivity contribution is 5.87. The standard InChI is InChI=1S/C22H28N2O3/c1-15-6-9-19(10-7-15)13-24(18(4)22(26)23-5)21(25)14-27-20-11-8-16(2)17(3)12-20/h6-12,18H,13-14H2,1-5H3,(H,23,26). The van der Waals surface area contributed by atoms with Crippen molar-refractivity contribution < 1.29 is 14.3 Å². The molecule has 1 unspecified atom stereocenters. The van der Waals surface area contributed by atoms with Crippen LogP contribution in [0.1, 0.15) is 29.2 Å². The number of hydrogen-bond donors (Lipinski definition) is 1. The summed E-state index contributed by atoms with van der Waals surface area (Å²) in [5.74, 6) is 0.209. The molecule has 0 bridgehead atoms. The average molecular weight is 368 g/mol. The third-order valence-corrected chi connectivity index (χ3v) is 4.73. The maximum atomic E-state index is 12.8. The zero-order valence-corrected chi connectivity index (χ0v) is 16.7. The molecule has 0 spiro atoms. The number of hydrogen-bond acceptors (Lipinski definition) is 3. The number of ether oxygens (including phenoxy) is 1. The van der Waals surface area contributed by atoms with Gasteiger partial charge in [0.1, 0.15) is 11.8 Å². The van der Waals surface area contributed by atoms with Crippen LogP contribution < -0.4 is 10.1 Å². The number of carbonyl (C=O) groups is 2. The number of rotatable bonds is 7. The molecule has 0 saturated heterocycles. The van der Waals surface area contributed by atoms with E-state index in [1.54, 1.807) is 18.9 Å². The summed E-state index contributed by atoms with van der Waals surface area (Å²) in [5.41, 5.74) is 4.39. The molecule has 27 heavy (non-hydrogen) atoms. The third-order valence-electron chi connectivity index (χ3n) is 4.73. The fourth-order valence-electron chi connectivity index (χ4n) is 2.71. The van der Waals surface area contributed by atoms with Crippen molar-refractivity contribution >= 4 is 11.8 Å². The molecule has 0 saturated carbocycles. The highest BCUT2D eigenvalue weighted by Gasteiger charge is 2.25. The maximum absolute atomic E-state index is 12.8. The Morgan fingerprint density at radius 2 is 1.70 bits per heavy atom. The maximum Gasteiger partial charge on any atom is 0.261 e. The number of benzene rings is 2. The van der Waals surface area contributed by atoms with Gasteiger partial charge in [0.15, 0.2) is 6.61 Å². The van der Waals surface area contributed by atoms with Crippen LogP contribution in [-0.2, 0) is 16.1 Å². The van der Waals surface area contributed by atoms with Crippen LogP contribution >= 0.6 is 0 Å². The Morgan fingerprint density at radius 3 is 2.30 bits per heavy atom. The molecule has 2 amide bonds. The molecule has 0 aliphatic heterocycles. The Morgan fingerprint density at radius 1 is 1.04 bits per heavy atom. The van der Waals surface area contributed by atoms with Crippen molar-refractivity contribution in [1.29, 1.82) is 0 Å². The molecule has 1 N–H and O–H groups in total. The summed E-state index contributed by atoms with van der Waals surface area (Å²) in [6, 6.07) is 13.1. The minimum Gasteiger partial charge on any atom is -0.484 e. The second-order valence-electron chi connectivity index (χ2n) is 6.83. The summed E-state index contributed by atoms with van der Waals surface area (Å²) in [7, 11) is 1.57. The van der Waals surface area contributed by atoms with Gasteiger partial charge in [-0.2, -0.15) is 0 Å². The van der Waals surface area contributed by atoms with E-state index in [4.69, 9.17) is 4.74 Å². The molecule has 5 heteroatoms. The number of nitrogens with one attached hydrogen (secondary N) is 1. The van der Waals surface area contributed by atoms with Crippen molar-refractivity contribution in [2.24, 2.45) is 0 Å². The number of likely N-dealkylation sites (N-methyl/N-ethyl adjacent to an activating group) is 1. The van der Waals surface area contributed by atoms with E-state index in [2.05, 4.69) is 5.32 Å². The first kappa shape index (κ1) is 20.5. The Bertz CT molecular complexity index is 800. The fourth-order valence-corrected chi connectivity index (χ4v) is 2.71. The Balaban J connectivity index is 2.12. The van der Waals surface area contributed by atoms with Crippen LogP contribution in [-0.4, -0.2) is 36.4 Å². The monoisotopic (exact) mass is 368 g/mol. The van der Waals surface area contributed by atoms with Gasteiger partial charge in [-0.1, -0.05) is 35.9 Å². The smallest absolute Gasteiger partial charge is 0.261 e. The van der Waals surface area contributed by atoms with Crippen LogP contribution in [0.4, 0.5) is 0 Å². The van der Waals surface area contributed by atoms with Gasteiger partial charge < -0.3 is 15.0 Å². The zero-order valence-electron chi connectivity index (χ0n) is 16.7. The van der Waals surface area contributed by atoms with Gasteiger partial charge in [-0.15, -0.1) is 0 Å². The topological polar surface area (TPSA) is 58.6 Å². The van der Waals surface area contributed by atoms with Gasteiger partial charge in [0.2, 0.25) is 5.91 Å². The molecule has 5 nitrogen and oxygen atoms in total. The highest BCUT2D eigenvalue weighted by Crippen LogP contribution is 2.17. The van der Waals surface area contributed by atoms with Crippen LogP contribution in [0, 0.1) is 20.8 Å². The fraction of sp³-hybridized carbons (Fsp3) is 0.364. The molecular formula is C22H28N2O3. The molecule has 0 fully saturated rings. The van der Waals surface area contributed by atoms with Crippen LogP contribution in [0.15, 0.2) is 42.5 Å². The molecular weight excluding hydrogens is 340 g/mol. The molecule has 0 aromatic heterocycles. The summed E-state index contributed by atoms with van der Waals surface area (Å²) in [5, 5.41) is 2.61. The van der Waals surface area contributed by atoms with E-state index in [-0.39, 0.29) is 18.4 Å². The van der Waals surface area contributed by atoms with Gasteiger partial charge in [0, 0.05) is 13.6 Å². The first-order valence-corrected chi connectivity index (χ1v) is 9.08. The minimum atomic E-state index is -0.591. The van der Waals surface area contributed by atoms with Gasteiger partial charge in [-0.05, 0) is 56.5 Å². The van der Waals surface area contributed by atoms with Crippen molar-refractivity contribution in [2.45, 2.75) is 40.3 Å². The molecule has 2 aromatic rings. The Hall–Kier alpha value is -2.82. The molecule has 0 heterocycles. The lowest BCUT2D eigenvalue weighted by Gasteiger charge is -2.28. The van der Waals surface area contributed by atoms with Gasteiger partial charge in [-0.3, -0.25) is 9.59 Å². The Kier molecular flexibility index (Phi) is 6.99. The molecule has 1 atom stereocenters. The first-order valence-electron chi connectivity index (χ1n) is 9.08. The summed E-state index contributed by atoms with van der Waals surface area (Å²) < 4.78 is 5.68. The lowest BCUT2D eigenvalue weighted by atomic mass is 10.1. The van der Waals surface area contributed by atoms with Crippen molar-refractivity contribution in [3.8, 4) is 5.75 Å². The summed E-state index contributed by atoms with van der Waals surface area (Å²) in [6.45, 7) is 8.00. The van der Waals surface area contributed by atoms with Gasteiger partial charge >= 0.3 is 0 Å². The van der Waals surface area contributed by atoms with E-state index in [1.807, 2.05) is 63.2 Å². The number of aryl methyl sites for hydroxylation is 3. The molecule has 2 rings (SSSR count). The highest BCUT2D eigenvalue weighted by atomic mass is 16.5. The predicted molar refractivity (Wildman–Crippen MR) is 107 cm³/mol. The first-order chi connectivity index (χ1) is 12.8. The number of nitrogens with zero attached hydrogens (tertiary/aromatic N) is 1. The lowest BCUT2D eigenvalue weighted by Crippen LogP contribution is -2.48. The van der Waals surface area contributed by atoms with E-state index in [9.17, 15) is 9.59 Å². The molecule has 0 aliphatic carbocycles. The quantitative estimate of drug-likeness (QED) is 0.817. The number of amides is 2. The van der Waals surface area contributed by atoms with Crippen LogP contribution in [0.3, 0.4) is 0 Å². The van der Waals surface area contributed by atoms with Crippen molar-refractivity contribution in [3.05, 3.63) is 64.7 Å². The van der Waals surface area contributed by atoms with E-state index < -0.39 is 6.04 Å². The lowest BCUT2D eigenvalue weighted by molar-refractivity contribution is -0.142. The van der Waals surface area contributed by atoms with E-state index >= 15 is 0 Å². The molecule has 2 aromatic carbocycles. The van der Waals surface area contributed by atoms with Gasteiger partial charge in [-0.25, -0.2) is 0 Å². The average Bonchev–Trinajstić information content (AvgIpc) is 2.67. The minimum absolute atomic E-state index is 0.115.